The Morgan fingerprint density at radius 2 is 0.475 bits per heavy atom. The summed E-state index contributed by atoms with van der Waals surface area (Å²) in [6, 6.07) is 0. The third-order valence-corrected chi connectivity index (χ3v) is 10.3. The van der Waals surface area contributed by atoms with Gasteiger partial charge in [0.25, 0.3) is 0 Å². The lowest BCUT2D eigenvalue weighted by atomic mass is 9.90. The molecule has 11 N–H and O–H groups in total. The van der Waals surface area contributed by atoms with Crippen molar-refractivity contribution in [3.05, 3.63) is 0 Å². The number of aliphatic hydroxyl groups excluding tert-OH is 11. The Morgan fingerprint density at radius 3 is 0.644 bits per heavy atom. The van der Waals surface area contributed by atoms with Gasteiger partial charge in [0.15, 0.2) is 0 Å². The number of hydrogen-bond donors (Lipinski definition) is 11. The minimum absolute atomic E-state index is 0.00683. The second-order valence-corrected chi connectivity index (χ2v) is 16.2. The van der Waals surface area contributed by atoms with Gasteiger partial charge in [-0.25, -0.2) is 0 Å². The lowest BCUT2D eigenvalue weighted by Crippen LogP contribution is -2.47. The fraction of sp³-hybridized carbons (Fsp3) is 1.00. The van der Waals surface area contributed by atoms with Gasteiger partial charge in [-0.15, -0.1) is 0 Å². The third kappa shape index (κ3) is 27.8. The van der Waals surface area contributed by atoms with Gasteiger partial charge >= 0.3 is 0 Å². The van der Waals surface area contributed by atoms with Crippen LogP contribution in [0.3, 0.4) is 0 Å². The van der Waals surface area contributed by atoms with Crippen molar-refractivity contribution in [2.75, 3.05) is 165 Å². The van der Waals surface area contributed by atoms with Gasteiger partial charge in [-0.3, -0.25) is 0 Å². The van der Waals surface area contributed by atoms with Gasteiger partial charge in [0.05, 0.1) is 103 Å². The van der Waals surface area contributed by atoms with E-state index in [1.54, 1.807) is 0 Å². The molecule has 0 fully saturated rings. The number of aliphatic hydroxyl groups is 11. The van der Waals surface area contributed by atoms with Crippen LogP contribution in [0.1, 0.15) is 51.9 Å². The summed E-state index contributed by atoms with van der Waals surface area (Å²) in [5, 5.41) is 107. The molecule has 18 heteroatoms. The summed E-state index contributed by atoms with van der Waals surface area (Å²) >= 11 is 0. The molecule has 0 saturated heterocycles. The van der Waals surface area contributed by atoms with Crippen LogP contribution in [0, 0.1) is 46.3 Å². The molecule has 0 radical (unpaired) electrons. The summed E-state index contributed by atoms with van der Waals surface area (Å²) in [6.45, 7) is 1.16. The van der Waals surface area contributed by atoms with Crippen molar-refractivity contribution in [2.24, 2.45) is 46.3 Å². The molecule has 0 heterocycles. The van der Waals surface area contributed by atoms with E-state index in [1.165, 1.54) is 0 Å². The molecule has 0 aliphatic heterocycles. The number of hydrogen-bond acceptors (Lipinski definition) is 18. The molecule has 356 valence electrons. The normalized spacial score (nSPS) is 17.3. The summed E-state index contributed by atoms with van der Waals surface area (Å²) < 4.78 is 43.6. The molecule has 0 spiro atoms. The molecule has 0 aromatic carbocycles. The van der Waals surface area contributed by atoms with Crippen LogP contribution < -0.4 is 0 Å². The van der Waals surface area contributed by atoms with Crippen LogP contribution >= 0.6 is 0 Å². The van der Waals surface area contributed by atoms with Crippen LogP contribution in [0.25, 0.3) is 0 Å². The highest BCUT2D eigenvalue weighted by Gasteiger charge is 2.38. The molecule has 0 aromatic heterocycles. The Labute approximate surface area is 352 Å². The van der Waals surface area contributed by atoms with Crippen molar-refractivity contribution in [1.82, 2.24) is 0 Å². The quantitative estimate of drug-likeness (QED) is 0.0330. The fourth-order valence-electron chi connectivity index (χ4n) is 6.32. The van der Waals surface area contributed by atoms with Gasteiger partial charge < -0.3 is 89.3 Å². The second-order valence-electron chi connectivity index (χ2n) is 16.2. The largest absolute Gasteiger partial charge is 0.396 e. The SMILES string of the molecule is CCCC(CO)COCC(COCC(CO)CCO)(COCC(CO)CCO)COCC(COCC(CO)CCO)(COCC(CO)CCO)COCC(CO)CCO. The minimum atomic E-state index is -1.03. The van der Waals surface area contributed by atoms with E-state index >= 15 is 0 Å². The van der Waals surface area contributed by atoms with E-state index in [0.29, 0.717) is 32.1 Å². The van der Waals surface area contributed by atoms with E-state index in [2.05, 4.69) is 0 Å². The third-order valence-electron chi connectivity index (χ3n) is 10.3. The highest BCUT2D eigenvalue weighted by molar-refractivity contribution is 4.84. The highest BCUT2D eigenvalue weighted by atomic mass is 16.5. The summed E-state index contributed by atoms with van der Waals surface area (Å²) in [5.74, 6) is -1.80. The summed E-state index contributed by atoms with van der Waals surface area (Å²) in [7, 11) is 0. The molecule has 18 nitrogen and oxygen atoms in total. The molecular weight excluding hydrogens is 780 g/mol. The molecule has 0 aliphatic carbocycles. The van der Waals surface area contributed by atoms with Crippen LogP contribution in [0.2, 0.25) is 0 Å². The highest BCUT2D eigenvalue weighted by Crippen LogP contribution is 2.27. The first-order valence-electron chi connectivity index (χ1n) is 21.4. The maximum Gasteiger partial charge on any atom is 0.0637 e. The van der Waals surface area contributed by atoms with Crippen molar-refractivity contribution in [3.63, 3.8) is 0 Å². The number of ether oxygens (including phenoxy) is 7. The molecule has 0 amide bonds. The summed E-state index contributed by atoms with van der Waals surface area (Å²) in [6.07, 6.45) is 3.18. The van der Waals surface area contributed by atoms with Gasteiger partial charge in [0.2, 0.25) is 0 Å². The van der Waals surface area contributed by atoms with Gasteiger partial charge in [-0.2, -0.15) is 0 Å². The topological polar surface area (TPSA) is 287 Å². The maximum atomic E-state index is 9.97. The van der Waals surface area contributed by atoms with Crippen molar-refractivity contribution in [2.45, 2.75) is 51.9 Å². The van der Waals surface area contributed by atoms with Gasteiger partial charge in [-0.1, -0.05) is 13.3 Å². The first kappa shape index (κ1) is 58.3. The molecule has 0 aromatic rings. The molecule has 0 aliphatic rings. The van der Waals surface area contributed by atoms with Gasteiger partial charge in [0.1, 0.15) is 0 Å². The van der Waals surface area contributed by atoms with Crippen molar-refractivity contribution < 1.29 is 89.3 Å². The zero-order valence-corrected chi connectivity index (χ0v) is 35.9. The molecule has 6 atom stereocenters. The lowest BCUT2D eigenvalue weighted by Gasteiger charge is -2.38. The van der Waals surface area contributed by atoms with E-state index in [9.17, 15) is 56.2 Å². The smallest absolute Gasteiger partial charge is 0.0637 e. The van der Waals surface area contributed by atoms with Crippen LogP contribution in [0.4, 0.5) is 0 Å². The second kappa shape index (κ2) is 38.9. The molecule has 6 unspecified atom stereocenters. The van der Waals surface area contributed by atoms with Crippen LogP contribution in [-0.4, -0.2) is 221 Å². The van der Waals surface area contributed by atoms with Crippen LogP contribution in [-0.2, 0) is 33.2 Å². The Hall–Kier alpha value is -0.720. The fourth-order valence-corrected chi connectivity index (χ4v) is 6.32. The van der Waals surface area contributed by atoms with Gasteiger partial charge in [0, 0.05) is 108 Å². The van der Waals surface area contributed by atoms with Gasteiger partial charge in [-0.05, 0) is 38.5 Å². The lowest BCUT2D eigenvalue weighted by molar-refractivity contribution is -0.152. The zero-order valence-electron chi connectivity index (χ0n) is 35.9. The first-order valence-corrected chi connectivity index (χ1v) is 21.4. The van der Waals surface area contributed by atoms with E-state index < -0.39 is 10.8 Å². The van der Waals surface area contributed by atoms with E-state index in [1.807, 2.05) is 6.92 Å². The summed E-state index contributed by atoms with van der Waals surface area (Å²) in [4.78, 5) is 0. The van der Waals surface area contributed by atoms with Crippen molar-refractivity contribution in [1.29, 1.82) is 0 Å². The molecular formula is C41H84O18. The Bertz CT molecular complexity index is 723. The van der Waals surface area contributed by atoms with Crippen molar-refractivity contribution >= 4 is 0 Å². The molecule has 0 saturated carbocycles. The Morgan fingerprint density at radius 1 is 0.288 bits per heavy atom. The molecule has 0 bridgehead atoms. The van der Waals surface area contributed by atoms with Crippen molar-refractivity contribution in [3.8, 4) is 0 Å². The average Bonchev–Trinajstić information content (AvgIpc) is 3.24. The standard InChI is InChI=1S/C41H84O18/c1-2-3-34(14-47)20-53-26-40(27-54-21-35(15-48)4-9-42,28-55-22-36(16-49)5-10-43)32-59-33-41(29-56-23-37(17-50)6-11-44,30-57-24-38(18-51)7-12-45)31-58-25-39(19-52)8-13-46/h34-39,42-52H,2-33H2,1H3. The maximum absolute atomic E-state index is 9.97. The molecule has 59 heavy (non-hydrogen) atoms. The predicted molar refractivity (Wildman–Crippen MR) is 217 cm³/mol. The Balaban J connectivity index is 6.81. The number of rotatable bonds is 46. The predicted octanol–water partition coefficient (Wildman–Crippen LogP) is -1.56. The average molecular weight is 865 g/mol. The van der Waals surface area contributed by atoms with E-state index in [0.717, 1.165) is 12.8 Å². The van der Waals surface area contributed by atoms with E-state index in [-0.39, 0.29) is 201 Å². The zero-order chi connectivity index (χ0) is 44.0. The minimum Gasteiger partial charge on any atom is -0.396 e. The van der Waals surface area contributed by atoms with Crippen LogP contribution in [0.15, 0.2) is 0 Å². The van der Waals surface area contributed by atoms with Crippen LogP contribution in [0.5, 0.6) is 0 Å². The monoisotopic (exact) mass is 865 g/mol. The van der Waals surface area contributed by atoms with E-state index in [4.69, 9.17) is 33.2 Å². The summed E-state index contributed by atoms with van der Waals surface area (Å²) in [5.41, 5.74) is -2.02. The molecule has 0 rings (SSSR count). The Kier molecular flexibility index (Phi) is 38.4. The first-order chi connectivity index (χ1) is 28.7.